The Labute approximate surface area is 168 Å². The molecule has 1 fully saturated rings. The van der Waals surface area contributed by atoms with E-state index in [2.05, 4.69) is 97.1 Å². The Kier molecular flexibility index (Phi) is 4.09. The number of fused-ring (bicyclic) bond motifs is 4. The van der Waals surface area contributed by atoms with Crippen LogP contribution in [0, 0.1) is 11.8 Å². The average molecular weight is 363 g/mol. The lowest BCUT2D eigenvalue weighted by Gasteiger charge is -2.36. The predicted molar refractivity (Wildman–Crippen MR) is 118 cm³/mol. The minimum absolute atomic E-state index is 0.154. The quantitative estimate of drug-likeness (QED) is 0.459. The van der Waals surface area contributed by atoms with Crippen LogP contribution < -0.4 is 0 Å². The van der Waals surface area contributed by atoms with E-state index < -0.39 is 0 Å². The van der Waals surface area contributed by atoms with Gasteiger partial charge < -0.3 is 0 Å². The van der Waals surface area contributed by atoms with Crippen LogP contribution >= 0.6 is 0 Å². The molecule has 2 atom stereocenters. The standard InChI is InChI=1S/C26H20.C2H6/c1-3-9-19(10-4-1)26(20-11-5-2-6-12-20)24-14-8-7-13-21(24)22-16-15-18-17-23(18)25(22)26;1-2/h1-16,18,23H,17H2;1-2H3. The summed E-state index contributed by atoms with van der Waals surface area (Å²) >= 11 is 0. The van der Waals surface area contributed by atoms with Crippen LogP contribution in [-0.2, 0) is 5.41 Å². The summed E-state index contributed by atoms with van der Waals surface area (Å²) < 4.78 is 0. The molecule has 138 valence electrons. The molecule has 0 heterocycles. The molecule has 1 saturated carbocycles. The van der Waals surface area contributed by atoms with Crippen LogP contribution in [0.5, 0.6) is 0 Å². The molecule has 3 aliphatic carbocycles. The normalized spacial score (nSPS) is 22.5. The van der Waals surface area contributed by atoms with Gasteiger partial charge in [0.25, 0.3) is 0 Å². The molecule has 0 bridgehead atoms. The molecular formula is C28H26. The lowest BCUT2D eigenvalue weighted by Crippen LogP contribution is -2.31. The fraction of sp³-hybridized carbons (Fsp3) is 0.214. The summed E-state index contributed by atoms with van der Waals surface area (Å²) in [6, 6.07) is 31.3. The highest BCUT2D eigenvalue weighted by atomic mass is 14.6. The maximum Gasteiger partial charge on any atom is 0.0679 e. The van der Waals surface area contributed by atoms with Crippen LogP contribution in [0.25, 0.3) is 5.57 Å². The zero-order valence-electron chi connectivity index (χ0n) is 16.6. The second-order valence-corrected chi connectivity index (χ2v) is 7.72. The Morgan fingerprint density at radius 3 is 1.93 bits per heavy atom. The van der Waals surface area contributed by atoms with Gasteiger partial charge in [-0.25, -0.2) is 0 Å². The predicted octanol–water partition coefficient (Wildman–Crippen LogP) is 7.02. The van der Waals surface area contributed by atoms with Crippen molar-refractivity contribution in [2.24, 2.45) is 11.8 Å². The summed E-state index contributed by atoms with van der Waals surface area (Å²) in [6.45, 7) is 4.00. The number of benzene rings is 3. The maximum absolute atomic E-state index is 2.44. The van der Waals surface area contributed by atoms with Crippen molar-refractivity contribution < 1.29 is 0 Å². The van der Waals surface area contributed by atoms with Gasteiger partial charge in [0.1, 0.15) is 0 Å². The van der Waals surface area contributed by atoms with Crippen LogP contribution in [0.2, 0.25) is 0 Å². The maximum atomic E-state index is 2.44. The second kappa shape index (κ2) is 6.63. The minimum Gasteiger partial charge on any atom is -0.0802 e. The van der Waals surface area contributed by atoms with Gasteiger partial charge in [0, 0.05) is 0 Å². The summed E-state index contributed by atoms with van der Waals surface area (Å²) in [5.41, 5.74) is 8.58. The number of rotatable bonds is 2. The summed E-state index contributed by atoms with van der Waals surface area (Å²) in [6.07, 6.45) is 6.13. The Hall–Kier alpha value is -2.86. The van der Waals surface area contributed by atoms with Crippen molar-refractivity contribution in [1.29, 1.82) is 0 Å². The van der Waals surface area contributed by atoms with Crippen LogP contribution in [0.15, 0.2) is 103 Å². The van der Waals surface area contributed by atoms with Gasteiger partial charge in [-0.2, -0.15) is 0 Å². The smallest absolute Gasteiger partial charge is 0.0679 e. The van der Waals surface area contributed by atoms with Gasteiger partial charge in [-0.1, -0.05) is 111 Å². The van der Waals surface area contributed by atoms with E-state index in [4.69, 9.17) is 0 Å². The molecule has 3 aromatic carbocycles. The first-order valence-electron chi connectivity index (χ1n) is 10.5. The third kappa shape index (κ3) is 2.24. The second-order valence-electron chi connectivity index (χ2n) is 7.72. The molecule has 6 rings (SSSR count). The zero-order chi connectivity index (χ0) is 19.1. The monoisotopic (exact) mass is 362 g/mol. The molecule has 0 saturated heterocycles. The van der Waals surface area contributed by atoms with E-state index in [9.17, 15) is 0 Å². The summed E-state index contributed by atoms with van der Waals surface area (Å²) in [5.74, 6) is 1.41. The molecule has 0 nitrogen and oxygen atoms in total. The molecule has 2 unspecified atom stereocenters. The number of hydrogen-bond acceptors (Lipinski definition) is 0. The van der Waals surface area contributed by atoms with Crippen molar-refractivity contribution in [3.05, 3.63) is 125 Å². The molecule has 0 spiro atoms. The molecular weight excluding hydrogens is 336 g/mol. The lowest BCUT2D eigenvalue weighted by atomic mass is 9.65. The highest BCUT2D eigenvalue weighted by Crippen LogP contribution is 2.65. The molecule has 28 heavy (non-hydrogen) atoms. The Morgan fingerprint density at radius 2 is 1.29 bits per heavy atom. The van der Waals surface area contributed by atoms with Gasteiger partial charge in [-0.3, -0.25) is 0 Å². The van der Waals surface area contributed by atoms with E-state index in [1.165, 1.54) is 34.2 Å². The van der Waals surface area contributed by atoms with E-state index in [0.29, 0.717) is 5.92 Å². The van der Waals surface area contributed by atoms with E-state index in [1.54, 1.807) is 5.57 Å². The number of allylic oxidation sites excluding steroid dienone is 4. The van der Waals surface area contributed by atoms with Crippen LogP contribution in [0.1, 0.15) is 42.5 Å². The zero-order valence-corrected chi connectivity index (χ0v) is 16.6. The Balaban J connectivity index is 0.000000829. The van der Waals surface area contributed by atoms with Crippen molar-refractivity contribution in [2.75, 3.05) is 0 Å². The van der Waals surface area contributed by atoms with Crippen molar-refractivity contribution in [3.63, 3.8) is 0 Å². The molecule has 0 radical (unpaired) electrons. The summed E-state index contributed by atoms with van der Waals surface area (Å²) in [5, 5.41) is 0. The average Bonchev–Trinajstić information content (AvgIpc) is 3.52. The van der Waals surface area contributed by atoms with Crippen molar-refractivity contribution >= 4 is 5.57 Å². The first kappa shape index (κ1) is 17.3. The molecule has 3 aromatic rings. The molecule has 3 aliphatic rings. The van der Waals surface area contributed by atoms with Crippen molar-refractivity contribution in [1.82, 2.24) is 0 Å². The van der Waals surface area contributed by atoms with Crippen molar-refractivity contribution in [2.45, 2.75) is 25.7 Å². The van der Waals surface area contributed by atoms with Crippen LogP contribution in [-0.4, -0.2) is 0 Å². The topological polar surface area (TPSA) is 0 Å². The lowest BCUT2D eigenvalue weighted by molar-refractivity contribution is 0.675. The minimum atomic E-state index is -0.154. The van der Waals surface area contributed by atoms with Gasteiger partial charge in [0.15, 0.2) is 0 Å². The van der Waals surface area contributed by atoms with Gasteiger partial charge in [-0.15, -0.1) is 0 Å². The van der Waals surface area contributed by atoms with E-state index in [1.807, 2.05) is 13.8 Å². The van der Waals surface area contributed by atoms with Crippen molar-refractivity contribution in [3.8, 4) is 0 Å². The molecule has 0 amide bonds. The molecule has 0 heteroatoms. The van der Waals surface area contributed by atoms with E-state index >= 15 is 0 Å². The Morgan fingerprint density at radius 1 is 0.714 bits per heavy atom. The summed E-state index contributed by atoms with van der Waals surface area (Å²) in [4.78, 5) is 0. The van der Waals surface area contributed by atoms with Gasteiger partial charge >= 0.3 is 0 Å². The first-order chi connectivity index (χ1) is 13.9. The third-order valence-electron chi connectivity index (χ3n) is 6.45. The largest absolute Gasteiger partial charge is 0.0802 e. The molecule has 0 N–H and O–H groups in total. The molecule has 0 aromatic heterocycles. The number of hydrogen-bond donors (Lipinski definition) is 0. The van der Waals surface area contributed by atoms with E-state index in [-0.39, 0.29) is 5.41 Å². The fourth-order valence-corrected chi connectivity index (χ4v) is 5.34. The summed E-state index contributed by atoms with van der Waals surface area (Å²) in [7, 11) is 0. The van der Waals surface area contributed by atoms with Crippen LogP contribution in [0.4, 0.5) is 0 Å². The highest BCUT2D eigenvalue weighted by Gasteiger charge is 2.55. The fourth-order valence-electron chi connectivity index (χ4n) is 5.34. The van der Waals surface area contributed by atoms with E-state index in [0.717, 1.165) is 5.92 Å². The van der Waals surface area contributed by atoms with Gasteiger partial charge in [-0.05, 0) is 51.7 Å². The Bertz CT molecular complexity index is 1010. The first-order valence-corrected chi connectivity index (χ1v) is 10.5. The van der Waals surface area contributed by atoms with Crippen LogP contribution in [0.3, 0.4) is 0 Å². The SMILES string of the molecule is C1=CC2CC2C2=C1c1ccccc1C2(c1ccccc1)c1ccccc1.CC. The molecule has 0 aliphatic heterocycles. The third-order valence-corrected chi connectivity index (χ3v) is 6.45. The van der Waals surface area contributed by atoms with Gasteiger partial charge in [0.2, 0.25) is 0 Å². The van der Waals surface area contributed by atoms with Gasteiger partial charge in [0.05, 0.1) is 5.41 Å². The highest BCUT2D eigenvalue weighted by molar-refractivity contribution is 5.91.